The number of nitrogens with two attached hydrogens (primary N) is 1. The summed E-state index contributed by atoms with van der Waals surface area (Å²) >= 11 is 1.22. The number of carbonyl (C=O) groups excluding carboxylic acids is 1. The number of nitrogens with one attached hydrogen (secondary N) is 2. The summed E-state index contributed by atoms with van der Waals surface area (Å²) in [5, 5.41) is 14.9. The van der Waals surface area contributed by atoms with Gasteiger partial charge in [0.2, 0.25) is 0 Å². The van der Waals surface area contributed by atoms with E-state index in [2.05, 4.69) is 29.5 Å². The van der Waals surface area contributed by atoms with Gasteiger partial charge in [0.15, 0.2) is 5.13 Å². The van der Waals surface area contributed by atoms with Gasteiger partial charge in [0, 0.05) is 13.1 Å². The van der Waals surface area contributed by atoms with E-state index in [4.69, 9.17) is 10.8 Å². The highest BCUT2D eigenvalue weighted by molar-refractivity contribution is 7.18. The maximum absolute atomic E-state index is 11.6. The van der Waals surface area contributed by atoms with E-state index in [1.54, 1.807) is 0 Å². The number of anilines is 2. The summed E-state index contributed by atoms with van der Waals surface area (Å²) in [6, 6.07) is 0. The fourth-order valence-electron chi connectivity index (χ4n) is 1.11. The van der Waals surface area contributed by atoms with Crippen LogP contribution < -0.4 is 16.4 Å². The summed E-state index contributed by atoms with van der Waals surface area (Å²) in [5.41, 5.74) is 5.66. The molecule has 1 aromatic heterocycles. The van der Waals surface area contributed by atoms with Gasteiger partial charge in [-0.25, -0.2) is 4.98 Å². The normalized spacial score (nSPS) is 10.6. The smallest absolute Gasteiger partial charge is 0.265 e. The van der Waals surface area contributed by atoms with Gasteiger partial charge in [0.05, 0.1) is 6.61 Å². The molecule has 0 saturated heterocycles. The molecular formula is C10H18N4O2S. The lowest BCUT2D eigenvalue weighted by atomic mass is 10.2. The topological polar surface area (TPSA) is 100 Å². The van der Waals surface area contributed by atoms with Gasteiger partial charge in [-0.15, -0.1) is 0 Å². The van der Waals surface area contributed by atoms with Crippen LogP contribution >= 0.6 is 11.3 Å². The molecule has 0 spiro atoms. The lowest BCUT2D eigenvalue weighted by molar-refractivity contribution is 0.0949. The molecule has 1 amide bonds. The number of aromatic nitrogens is 1. The molecule has 5 N–H and O–H groups in total. The highest BCUT2D eigenvalue weighted by Gasteiger charge is 2.15. The average Bonchev–Trinajstić information content (AvgIpc) is 2.65. The summed E-state index contributed by atoms with van der Waals surface area (Å²) in [7, 11) is 0. The standard InChI is InChI=1S/C10H18N4O2S/c1-6(2)5-13-10-14-8(11)7(17-10)9(16)12-3-4-15/h6,15H,3-5,11H2,1-2H3,(H,12,16)(H,13,14). The number of carbonyl (C=O) groups is 1. The minimum atomic E-state index is -0.299. The Labute approximate surface area is 104 Å². The van der Waals surface area contributed by atoms with Crippen LogP contribution in [0.3, 0.4) is 0 Å². The van der Waals surface area contributed by atoms with Crippen LogP contribution in [0.1, 0.15) is 23.5 Å². The molecule has 0 radical (unpaired) electrons. The summed E-state index contributed by atoms with van der Waals surface area (Å²) in [6.45, 7) is 5.07. The highest BCUT2D eigenvalue weighted by Crippen LogP contribution is 2.24. The highest BCUT2D eigenvalue weighted by atomic mass is 32.1. The number of rotatable bonds is 6. The van der Waals surface area contributed by atoms with Crippen LogP contribution in [-0.2, 0) is 0 Å². The SMILES string of the molecule is CC(C)CNc1nc(N)c(C(=O)NCCO)s1. The number of nitrogen functional groups attached to an aromatic ring is 1. The van der Waals surface area contributed by atoms with Crippen molar-refractivity contribution in [3.8, 4) is 0 Å². The number of nitrogens with zero attached hydrogens (tertiary/aromatic N) is 1. The van der Waals surface area contributed by atoms with Crippen molar-refractivity contribution in [2.24, 2.45) is 5.92 Å². The third-order valence-electron chi connectivity index (χ3n) is 1.92. The van der Waals surface area contributed by atoms with Crippen molar-refractivity contribution >= 4 is 28.2 Å². The Morgan fingerprint density at radius 1 is 1.59 bits per heavy atom. The van der Waals surface area contributed by atoms with Crippen LogP contribution in [0.15, 0.2) is 0 Å². The summed E-state index contributed by atoms with van der Waals surface area (Å²) in [4.78, 5) is 16.1. The fourth-order valence-corrected chi connectivity index (χ4v) is 1.92. The van der Waals surface area contributed by atoms with E-state index in [-0.39, 0.29) is 24.9 Å². The number of aliphatic hydroxyl groups is 1. The largest absolute Gasteiger partial charge is 0.395 e. The van der Waals surface area contributed by atoms with Crippen LogP contribution in [0, 0.1) is 5.92 Å². The molecule has 0 saturated carbocycles. The molecule has 0 aromatic carbocycles. The second-order valence-corrected chi connectivity index (χ2v) is 4.99. The second-order valence-electron chi connectivity index (χ2n) is 3.99. The second kappa shape index (κ2) is 6.41. The van der Waals surface area contributed by atoms with Crippen molar-refractivity contribution in [2.75, 3.05) is 30.7 Å². The number of amides is 1. The van der Waals surface area contributed by atoms with Gasteiger partial charge in [-0.3, -0.25) is 4.79 Å². The number of aliphatic hydroxyl groups excluding tert-OH is 1. The first-order valence-electron chi connectivity index (χ1n) is 5.43. The van der Waals surface area contributed by atoms with Crippen molar-refractivity contribution in [3.05, 3.63) is 4.88 Å². The average molecular weight is 258 g/mol. The Morgan fingerprint density at radius 3 is 2.88 bits per heavy atom. The van der Waals surface area contributed by atoms with Crippen molar-refractivity contribution in [1.29, 1.82) is 0 Å². The zero-order chi connectivity index (χ0) is 12.8. The van der Waals surface area contributed by atoms with Crippen molar-refractivity contribution in [3.63, 3.8) is 0 Å². The maximum Gasteiger partial charge on any atom is 0.265 e. The summed E-state index contributed by atoms with van der Waals surface area (Å²) in [6.07, 6.45) is 0. The maximum atomic E-state index is 11.6. The first-order chi connectivity index (χ1) is 8.04. The third-order valence-corrected chi connectivity index (χ3v) is 2.95. The molecule has 1 aromatic rings. The zero-order valence-corrected chi connectivity index (χ0v) is 10.8. The van der Waals surface area contributed by atoms with Gasteiger partial charge >= 0.3 is 0 Å². The third kappa shape index (κ3) is 4.20. The van der Waals surface area contributed by atoms with Crippen LogP contribution in [0.2, 0.25) is 0 Å². The predicted molar refractivity (Wildman–Crippen MR) is 69.3 cm³/mol. The predicted octanol–water partition coefficient (Wildman–Crippen LogP) is 0.515. The lowest BCUT2D eigenvalue weighted by Crippen LogP contribution is -2.26. The molecule has 0 fully saturated rings. The molecule has 0 aliphatic rings. The summed E-state index contributed by atoms with van der Waals surface area (Å²) < 4.78 is 0. The molecule has 0 aliphatic heterocycles. The first kappa shape index (κ1) is 13.7. The van der Waals surface area contributed by atoms with E-state index in [1.165, 1.54) is 11.3 Å². The van der Waals surface area contributed by atoms with Crippen LogP contribution in [-0.4, -0.2) is 35.7 Å². The Hall–Kier alpha value is -1.34. The molecule has 17 heavy (non-hydrogen) atoms. The molecular weight excluding hydrogens is 240 g/mol. The molecule has 0 aliphatic carbocycles. The van der Waals surface area contributed by atoms with Crippen LogP contribution in [0.4, 0.5) is 10.9 Å². The molecule has 6 nitrogen and oxygen atoms in total. The van der Waals surface area contributed by atoms with Crippen molar-refractivity contribution in [2.45, 2.75) is 13.8 Å². The van der Waals surface area contributed by atoms with Gasteiger partial charge < -0.3 is 21.5 Å². The van der Waals surface area contributed by atoms with Crippen molar-refractivity contribution < 1.29 is 9.90 Å². The zero-order valence-electron chi connectivity index (χ0n) is 9.99. The molecule has 1 rings (SSSR count). The fraction of sp³-hybridized carbons (Fsp3) is 0.600. The first-order valence-corrected chi connectivity index (χ1v) is 6.25. The van der Waals surface area contributed by atoms with E-state index in [1.807, 2.05) is 0 Å². The molecule has 0 unspecified atom stereocenters. The molecule has 1 heterocycles. The minimum Gasteiger partial charge on any atom is -0.395 e. The van der Waals surface area contributed by atoms with Gasteiger partial charge in [0.1, 0.15) is 10.7 Å². The molecule has 96 valence electrons. The van der Waals surface area contributed by atoms with Gasteiger partial charge in [-0.2, -0.15) is 0 Å². The Morgan fingerprint density at radius 2 is 2.29 bits per heavy atom. The monoisotopic (exact) mass is 258 g/mol. The minimum absolute atomic E-state index is 0.0943. The number of hydrogen-bond acceptors (Lipinski definition) is 6. The summed E-state index contributed by atoms with van der Waals surface area (Å²) in [5.74, 6) is 0.412. The number of hydrogen-bond donors (Lipinski definition) is 4. The Balaban J connectivity index is 2.64. The molecule has 0 bridgehead atoms. The quantitative estimate of drug-likeness (QED) is 0.596. The molecule has 0 atom stereocenters. The van der Waals surface area contributed by atoms with Gasteiger partial charge in [0.25, 0.3) is 5.91 Å². The van der Waals surface area contributed by atoms with E-state index in [0.717, 1.165) is 6.54 Å². The number of thiazole rings is 1. The van der Waals surface area contributed by atoms with Crippen LogP contribution in [0.25, 0.3) is 0 Å². The Kier molecular flexibility index (Phi) is 5.17. The Bertz CT molecular complexity index is 378. The van der Waals surface area contributed by atoms with Gasteiger partial charge in [-0.1, -0.05) is 25.2 Å². The van der Waals surface area contributed by atoms with E-state index in [9.17, 15) is 4.79 Å². The van der Waals surface area contributed by atoms with Crippen LogP contribution in [0.5, 0.6) is 0 Å². The van der Waals surface area contributed by atoms with E-state index >= 15 is 0 Å². The van der Waals surface area contributed by atoms with E-state index < -0.39 is 0 Å². The van der Waals surface area contributed by atoms with E-state index in [0.29, 0.717) is 15.9 Å². The lowest BCUT2D eigenvalue weighted by Gasteiger charge is -2.04. The molecule has 7 heteroatoms. The van der Waals surface area contributed by atoms with Crippen molar-refractivity contribution in [1.82, 2.24) is 10.3 Å². The van der Waals surface area contributed by atoms with Gasteiger partial charge in [-0.05, 0) is 5.92 Å².